The lowest BCUT2D eigenvalue weighted by atomic mass is 10.2. The van der Waals surface area contributed by atoms with Gasteiger partial charge in [-0.25, -0.2) is 14.6 Å². The number of aliphatic carboxylic acids is 1. The molecular weight excluding hydrogens is 423 g/mol. The minimum atomic E-state index is -1.11. The Kier molecular flexibility index (Phi) is 7.30. The lowest BCUT2D eigenvalue weighted by Gasteiger charge is -2.13. The van der Waals surface area contributed by atoms with Gasteiger partial charge in [0.05, 0.1) is 17.3 Å². The standard InChI is InChI=1S/C18H16BrFN2O5/c1-2-26-15-8-11(7-14(19)17(15)27-10-16(23)24)9-21-22-18(25)12-3-5-13(20)6-4-12/h3-9H,2,10H2,1H3,(H,22,25)(H,23,24)/b21-9-. The summed E-state index contributed by atoms with van der Waals surface area (Å²) in [5.41, 5.74) is 3.18. The highest BCUT2D eigenvalue weighted by Crippen LogP contribution is 2.36. The van der Waals surface area contributed by atoms with E-state index in [2.05, 4.69) is 26.5 Å². The van der Waals surface area contributed by atoms with E-state index in [4.69, 9.17) is 14.6 Å². The lowest BCUT2D eigenvalue weighted by Crippen LogP contribution is -2.17. The van der Waals surface area contributed by atoms with Crippen LogP contribution in [0.1, 0.15) is 22.8 Å². The largest absolute Gasteiger partial charge is 0.490 e. The van der Waals surface area contributed by atoms with E-state index in [1.54, 1.807) is 19.1 Å². The molecule has 0 aromatic heterocycles. The lowest BCUT2D eigenvalue weighted by molar-refractivity contribution is -0.139. The SMILES string of the molecule is CCOc1cc(/C=N\NC(=O)c2ccc(F)cc2)cc(Br)c1OCC(=O)O. The molecular formula is C18H16BrFN2O5. The van der Waals surface area contributed by atoms with Gasteiger partial charge in [-0.1, -0.05) is 0 Å². The zero-order valence-corrected chi connectivity index (χ0v) is 15.8. The zero-order chi connectivity index (χ0) is 19.8. The second kappa shape index (κ2) is 9.67. The number of halogens is 2. The van der Waals surface area contributed by atoms with Gasteiger partial charge in [0.15, 0.2) is 18.1 Å². The second-order valence-electron chi connectivity index (χ2n) is 5.15. The maximum absolute atomic E-state index is 12.9. The van der Waals surface area contributed by atoms with Crippen molar-refractivity contribution < 1.29 is 28.6 Å². The first-order valence-corrected chi connectivity index (χ1v) is 8.60. The van der Waals surface area contributed by atoms with Gasteiger partial charge in [0.1, 0.15) is 5.82 Å². The molecule has 2 N–H and O–H groups in total. The fourth-order valence-electron chi connectivity index (χ4n) is 2.03. The Morgan fingerprint density at radius 1 is 1.26 bits per heavy atom. The van der Waals surface area contributed by atoms with Crippen LogP contribution in [0.4, 0.5) is 4.39 Å². The molecule has 7 nitrogen and oxygen atoms in total. The number of carbonyl (C=O) groups excluding carboxylic acids is 1. The van der Waals surface area contributed by atoms with Crippen LogP contribution in [0.25, 0.3) is 0 Å². The predicted molar refractivity (Wildman–Crippen MR) is 99.9 cm³/mol. The van der Waals surface area contributed by atoms with Gasteiger partial charge < -0.3 is 14.6 Å². The van der Waals surface area contributed by atoms with Crippen molar-refractivity contribution in [3.63, 3.8) is 0 Å². The van der Waals surface area contributed by atoms with Crippen LogP contribution >= 0.6 is 15.9 Å². The number of nitrogens with zero attached hydrogens (tertiary/aromatic N) is 1. The summed E-state index contributed by atoms with van der Waals surface area (Å²) in [7, 11) is 0. The van der Waals surface area contributed by atoms with Crippen molar-refractivity contribution in [1.82, 2.24) is 5.43 Å². The number of benzene rings is 2. The third-order valence-electron chi connectivity index (χ3n) is 3.16. The summed E-state index contributed by atoms with van der Waals surface area (Å²) in [6, 6.07) is 8.28. The highest BCUT2D eigenvalue weighted by atomic mass is 79.9. The molecule has 0 fully saturated rings. The highest BCUT2D eigenvalue weighted by Gasteiger charge is 2.13. The minimum Gasteiger partial charge on any atom is -0.490 e. The van der Waals surface area contributed by atoms with Gasteiger partial charge >= 0.3 is 5.97 Å². The summed E-state index contributed by atoms with van der Waals surface area (Å²) in [4.78, 5) is 22.6. The van der Waals surface area contributed by atoms with Crippen LogP contribution in [0.5, 0.6) is 11.5 Å². The molecule has 2 aromatic carbocycles. The molecule has 1 amide bonds. The summed E-state index contributed by atoms with van der Waals surface area (Å²) >= 11 is 3.30. The minimum absolute atomic E-state index is 0.256. The van der Waals surface area contributed by atoms with Crippen molar-refractivity contribution in [1.29, 1.82) is 0 Å². The molecule has 0 heterocycles. The van der Waals surface area contributed by atoms with Crippen molar-refractivity contribution in [2.45, 2.75) is 6.92 Å². The molecule has 0 aliphatic carbocycles. The number of carboxylic acid groups (broad SMARTS) is 1. The van der Waals surface area contributed by atoms with Gasteiger partial charge in [-0.15, -0.1) is 0 Å². The van der Waals surface area contributed by atoms with Gasteiger partial charge in [0.25, 0.3) is 5.91 Å². The molecule has 0 aliphatic rings. The van der Waals surface area contributed by atoms with E-state index in [1.807, 2.05) is 0 Å². The van der Waals surface area contributed by atoms with E-state index < -0.39 is 24.3 Å². The van der Waals surface area contributed by atoms with Crippen LogP contribution in [-0.4, -0.2) is 36.4 Å². The van der Waals surface area contributed by atoms with Crippen molar-refractivity contribution in [2.24, 2.45) is 5.10 Å². The number of hydrogen-bond donors (Lipinski definition) is 2. The van der Waals surface area contributed by atoms with E-state index in [0.29, 0.717) is 22.4 Å². The van der Waals surface area contributed by atoms with Gasteiger partial charge in [0.2, 0.25) is 0 Å². The fraction of sp³-hybridized carbons (Fsp3) is 0.167. The Morgan fingerprint density at radius 2 is 1.96 bits per heavy atom. The highest BCUT2D eigenvalue weighted by molar-refractivity contribution is 9.10. The van der Waals surface area contributed by atoms with Gasteiger partial charge in [0, 0.05) is 5.56 Å². The summed E-state index contributed by atoms with van der Waals surface area (Å²) in [6.07, 6.45) is 1.38. The molecule has 142 valence electrons. The molecule has 0 bridgehead atoms. The summed E-state index contributed by atoms with van der Waals surface area (Å²) in [5.74, 6) is -1.45. The molecule has 0 unspecified atom stereocenters. The topological polar surface area (TPSA) is 97.2 Å². The Labute approximate surface area is 162 Å². The molecule has 0 radical (unpaired) electrons. The third-order valence-corrected chi connectivity index (χ3v) is 3.75. The average molecular weight is 439 g/mol. The van der Waals surface area contributed by atoms with Crippen LogP contribution in [0.15, 0.2) is 46.0 Å². The number of carboxylic acids is 1. The first kappa shape index (κ1) is 20.4. The van der Waals surface area contributed by atoms with Gasteiger partial charge in [-0.3, -0.25) is 4.79 Å². The molecule has 9 heteroatoms. The van der Waals surface area contributed by atoms with E-state index in [1.165, 1.54) is 30.5 Å². The number of hydrogen-bond acceptors (Lipinski definition) is 5. The Bertz CT molecular complexity index is 856. The molecule has 0 atom stereocenters. The quantitative estimate of drug-likeness (QED) is 0.487. The average Bonchev–Trinajstić information content (AvgIpc) is 2.61. The number of rotatable bonds is 8. The van der Waals surface area contributed by atoms with Crippen molar-refractivity contribution in [3.05, 3.63) is 57.8 Å². The zero-order valence-electron chi connectivity index (χ0n) is 14.2. The van der Waals surface area contributed by atoms with Crippen molar-refractivity contribution in [3.8, 4) is 11.5 Å². The molecule has 0 saturated heterocycles. The Hall–Kier alpha value is -2.94. The van der Waals surface area contributed by atoms with Crippen LogP contribution in [-0.2, 0) is 4.79 Å². The van der Waals surface area contributed by atoms with E-state index >= 15 is 0 Å². The molecule has 0 spiro atoms. The predicted octanol–water partition coefficient (Wildman–Crippen LogP) is 3.21. The summed E-state index contributed by atoms with van der Waals surface area (Å²) < 4.78 is 24.0. The first-order chi connectivity index (χ1) is 12.9. The van der Waals surface area contributed by atoms with Gasteiger partial charge in [-0.05, 0) is 64.8 Å². The van der Waals surface area contributed by atoms with Crippen LogP contribution in [0.3, 0.4) is 0 Å². The number of hydrazone groups is 1. The van der Waals surface area contributed by atoms with E-state index in [9.17, 15) is 14.0 Å². The number of carbonyl (C=O) groups is 2. The first-order valence-electron chi connectivity index (χ1n) is 7.80. The van der Waals surface area contributed by atoms with Crippen LogP contribution in [0.2, 0.25) is 0 Å². The maximum Gasteiger partial charge on any atom is 0.341 e. The fourth-order valence-corrected chi connectivity index (χ4v) is 2.60. The number of ether oxygens (including phenoxy) is 2. The van der Waals surface area contributed by atoms with Crippen molar-refractivity contribution in [2.75, 3.05) is 13.2 Å². The van der Waals surface area contributed by atoms with E-state index in [0.717, 1.165) is 0 Å². The molecule has 0 aliphatic heterocycles. The molecule has 2 rings (SSSR count). The molecule has 27 heavy (non-hydrogen) atoms. The normalized spacial score (nSPS) is 10.6. The van der Waals surface area contributed by atoms with Gasteiger partial charge in [-0.2, -0.15) is 5.10 Å². The van der Waals surface area contributed by atoms with Crippen LogP contribution < -0.4 is 14.9 Å². The smallest absolute Gasteiger partial charge is 0.341 e. The number of nitrogens with one attached hydrogen (secondary N) is 1. The second-order valence-corrected chi connectivity index (χ2v) is 6.01. The molecule has 2 aromatic rings. The van der Waals surface area contributed by atoms with Crippen LogP contribution in [0, 0.1) is 5.82 Å². The molecule has 0 saturated carbocycles. The van der Waals surface area contributed by atoms with E-state index in [-0.39, 0.29) is 11.3 Å². The summed E-state index contributed by atoms with van der Waals surface area (Å²) in [6.45, 7) is 1.61. The monoisotopic (exact) mass is 438 g/mol. The Morgan fingerprint density at radius 3 is 2.59 bits per heavy atom. The van der Waals surface area contributed by atoms with Crippen molar-refractivity contribution >= 4 is 34.0 Å². The summed E-state index contributed by atoms with van der Waals surface area (Å²) in [5, 5.41) is 12.6. The Balaban J connectivity index is 2.12. The third kappa shape index (κ3) is 6.07. The number of amides is 1. The maximum atomic E-state index is 12.9.